The minimum Gasteiger partial charge on any atom is -0.542 e. The third-order valence-corrected chi connectivity index (χ3v) is 5.45. The molecule has 0 fully saturated rings. The molecule has 1 aromatic heterocycles. The van der Waals surface area contributed by atoms with Crippen LogP contribution in [0.25, 0.3) is 23.1 Å². The summed E-state index contributed by atoms with van der Waals surface area (Å²) in [5, 5.41) is 18.0. The lowest BCUT2D eigenvalue weighted by atomic mass is 10.1. The molecule has 0 aliphatic heterocycles. The normalized spacial score (nSPS) is 11.3. The number of nitrogens with zero attached hydrogens (tertiary/aromatic N) is 1. The molecule has 17 heteroatoms. The number of hydrogen-bond acceptors (Lipinski definition) is 9. The summed E-state index contributed by atoms with van der Waals surface area (Å²) >= 11 is 0. The van der Waals surface area contributed by atoms with Crippen LogP contribution in [0.1, 0.15) is 24.2 Å². The van der Waals surface area contributed by atoms with E-state index >= 15 is 0 Å². The van der Waals surface area contributed by atoms with Crippen molar-refractivity contribution in [2.24, 2.45) is 0 Å². The summed E-state index contributed by atoms with van der Waals surface area (Å²) in [5.74, 6) is -4.75. The molecule has 1 heterocycles. The maximum atomic E-state index is 13.2. The van der Waals surface area contributed by atoms with E-state index < -0.39 is 24.3 Å². The van der Waals surface area contributed by atoms with E-state index in [1.54, 1.807) is 24.3 Å². The van der Waals surface area contributed by atoms with Gasteiger partial charge < -0.3 is 50.1 Å². The number of carboxylic acid groups (broad SMARTS) is 2. The first-order valence-corrected chi connectivity index (χ1v) is 13.4. The van der Waals surface area contributed by atoms with Gasteiger partial charge in [0.25, 0.3) is 0 Å². The van der Waals surface area contributed by atoms with E-state index in [0.29, 0.717) is 35.7 Å². The van der Waals surface area contributed by atoms with Crippen LogP contribution in [0.2, 0.25) is 0 Å². The van der Waals surface area contributed by atoms with Crippen molar-refractivity contribution in [1.29, 1.82) is 0 Å². The molecule has 254 valence electrons. The zero-order valence-electron chi connectivity index (χ0n) is 24.8. The number of carbonyl (C=O) groups is 2. The standard InChI is InChI=1S/C25H31N3O4.2C2HF3O2/c1-28(2)19-8-5-18(6-9-19)7-12-22-25(31-16-4-14-27)24(29)21-11-10-20(17-23(21)32-22)30-15-3-13-26;2*3-2(4,5)1(6)7/h5-12,17H,3-4,13-16,26-27H2,1-2H3;2*(H,6,7)/b12-7+;;. The monoisotopic (exact) mass is 665 g/mol. The third kappa shape index (κ3) is 13.5. The van der Waals surface area contributed by atoms with Gasteiger partial charge in [-0.3, -0.25) is 4.79 Å². The van der Waals surface area contributed by atoms with Gasteiger partial charge in [-0.15, -0.1) is 0 Å². The molecule has 11 nitrogen and oxygen atoms in total. The van der Waals surface area contributed by atoms with Crippen molar-refractivity contribution in [2.75, 3.05) is 45.3 Å². The average molecular weight is 666 g/mol. The second kappa shape index (κ2) is 18.3. The van der Waals surface area contributed by atoms with Gasteiger partial charge in [-0.2, -0.15) is 26.3 Å². The van der Waals surface area contributed by atoms with Gasteiger partial charge in [-0.1, -0.05) is 18.2 Å². The molecule has 0 radical (unpaired) electrons. The number of fused-ring (bicyclic) bond motifs is 1. The van der Waals surface area contributed by atoms with Crippen LogP contribution in [0.15, 0.2) is 51.7 Å². The molecule has 0 saturated heterocycles. The molecule has 0 aliphatic rings. The van der Waals surface area contributed by atoms with Crippen LogP contribution >= 0.6 is 0 Å². The molecule has 0 aliphatic carbocycles. The Kier molecular flexibility index (Phi) is 15.6. The van der Waals surface area contributed by atoms with E-state index in [1.807, 2.05) is 49.3 Å². The van der Waals surface area contributed by atoms with Gasteiger partial charge in [0, 0.05) is 38.7 Å². The van der Waals surface area contributed by atoms with Gasteiger partial charge in [0.1, 0.15) is 23.3 Å². The molecule has 0 atom stereocenters. The quantitative estimate of drug-likeness (QED) is 0.219. The Labute approximate surface area is 258 Å². The zero-order chi connectivity index (χ0) is 35.1. The Morgan fingerprint density at radius 1 is 0.848 bits per heavy atom. The van der Waals surface area contributed by atoms with Crippen LogP contribution in [0, 0.1) is 0 Å². The molecule has 0 amide bonds. The number of alkyl halides is 6. The number of hydrogen-bond donors (Lipinski definition) is 2. The minimum absolute atomic E-state index is 0.192. The fourth-order valence-corrected chi connectivity index (χ4v) is 3.13. The average Bonchev–Trinajstić information content (AvgIpc) is 2.97. The van der Waals surface area contributed by atoms with Crippen LogP contribution in [0.4, 0.5) is 32.0 Å². The molecule has 0 saturated carbocycles. The molecule has 3 aromatic rings. The second-order valence-corrected chi connectivity index (χ2v) is 9.28. The van der Waals surface area contributed by atoms with Crippen molar-refractivity contribution < 1.29 is 71.5 Å². The Hall–Kier alpha value is -4.77. The predicted octanol–water partition coefficient (Wildman–Crippen LogP) is 0.648. The molecular formula is C29H33F6N3O8. The molecule has 3 rings (SSSR count). The van der Waals surface area contributed by atoms with Gasteiger partial charge >= 0.3 is 12.4 Å². The summed E-state index contributed by atoms with van der Waals surface area (Å²) in [4.78, 5) is 32.8. The number of carboxylic acids is 2. The van der Waals surface area contributed by atoms with E-state index in [-0.39, 0.29) is 11.2 Å². The largest absolute Gasteiger partial charge is 0.542 e. The molecule has 6 N–H and O–H groups in total. The molecule has 46 heavy (non-hydrogen) atoms. The Bertz CT molecular complexity index is 1480. The summed E-state index contributed by atoms with van der Waals surface area (Å²) in [6, 6.07) is 13.4. The van der Waals surface area contributed by atoms with Gasteiger partial charge in [0.15, 0.2) is 5.76 Å². The molecular weight excluding hydrogens is 632 g/mol. The highest BCUT2D eigenvalue weighted by Gasteiger charge is 2.29. The summed E-state index contributed by atoms with van der Waals surface area (Å²) in [6.07, 6.45) is -5.08. The fourth-order valence-electron chi connectivity index (χ4n) is 3.13. The first-order chi connectivity index (χ1) is 21.4. The number of aliphatic carboxylic acids is 2. The van der Waals surface area contributed by atoms with E-state index in [0.717, 1.165) is 37.2 Å². The second-order valence-electron chi connectivity index (χ2n) is 9.28. The van der Waals surface area contributed by atoms with Crippen molar-refractivity contribution in [1.82, 2.24) is 0 Å². The number of quaternary nitrogens is 2. The van der Waals surface area contributed by atoms with Crippen molar-refractivity contribution in [3.8, 4) is 11.5 Å². The smallest absolute Gasteiger partial charge is 0.430 e. The van der Waals surface area contributed by atoms with Gasteiger partial charge in [-0.25, -0.2) is 0 Å². The van der Waals surface area contributed by atoms with Crippen molar-refractivity contribution in [3.05, 3.63) is 64.0 Å². The summed E-state index contributed by atoms with van der Waals surface area (Å²) in [6.45, 7) is 2.52. The highest BCUT2D eigenvalue weighted by molar-refractivity contribution is 5.82. The maximum Gasteiger partial charge on any atom is 0.430 e. The Morgan fingerprint density at radius 2 is 1.35 bits per heavy atom. The van der Waals surface area contributed by atoms with Crippen LogP contribution in [-0.2, 0) is 9.59 Å². The van der Waals surface area contributed by atoms with Gasteiger partial charge in [-0.05, 0) is 35.9 Å². The molecule has 0 bridgehead atoms. The zero-order valence-corrected chi connectivity index (χ0v) is 24.8. The number of carbonyl (C=O) groups excluding carboxylic acids is 2. The lowest BCUT2D eigenvalue weighted by molar-refractivity contribution is -0.369. The first-order valence-electron chi connectivity index (χ1n) is 13.4. The van der Waals surface area contributed by atoms with Crippen LogP contribution < -0.4 is 41.5 Å². The number of halogens is 6. The van der Waals surface area contributed by atoms with Gasteiger partial charge in [0.05, 0.1) is 31.7 Å². The number of rotatable bonds is 11. The highest BCUT2D eigenvalue weighted by Crippen LogP contribution is 2.27. The van der Waals surface area contributed by atoms with E-state index in [9.17, 15) is 31.1 Å². The number of benzene rings is 2. The summed E-state index contributed by atoms with van der Waals surface area (Å²) in [5.41, 5.74) is 10.0. The lowest BCUT2D eigenvalue weighted by Crippen LogP contribution is -2.50. The highest BCUT2D eigenvalue weighted by atomic mass is 19.4. The predicted molar refractivity (Wildman–Crippen MR) is 150 cm³/mol. The minimum atomic E-state index is -5.19. The number of ether oxygens (including phenoxy) is 2. The third-order valence-electron chi connectivity index (χ3n) is 5.45. The Balaban J connectivity index is 0.000000629. The van der Waals surface area contributed by atoms with E-state index in [2.05, 4.69) is 11.5 Å². The van der Waals surface area contributed by atoms with Gasteiger partial charge in [0.2, 0.25) is 11.2 Å². The van der Waals surface area contributed by atoms with E-state index in [4.69, 9.17) is 33.7 Å². The molecule has 2 aromatic carbocycles. The lowest BCUT2D eigenvalue weighted by Gasteiger charge is -2.12. The van der Waals surface area contributed by atoms with Crippen LogP contribution in [-0.4, -0.2) is 64.7 Å². The topological polar surface area (TPSA) is 187 Å². The van der Waals surface area contributed by atoms with Crippen molar-refractivity contribution in [3.63, 3.8) is 0 Å². The summed E-state index contributed by atoms with van der Waals surface area (Å²) in [7, 11) is 4.00. The SMILES string of the molecule is CN(C)c1ccc(/C=C/c2oc3cc(OCCC[NH3+])ccc3c(=O)c2OCCC[NH3+])cc1.O=C([O-])C(F)(F)F.O=C([O-])C(F)(F)F. The van der Waals surface area contributed by atoms with Crippen molar-refractivity contribution in [2.45, 2.75) is 25.2 Å². The Morgan fingerprint density at radius 3 is 1.80 bits per heavy atom. The maximum absolute atomic E-state index is 13.2. The molecule has 0 unspecified atom stereocenters. The molecule has 0 spiro atoms. The van der Waals surface area contributed by atoms with Crippen LogP contribution in [0.5, 0.6) is 11.5 Å². The van der Waals surface area contributed by atoms with Crippen molar-refractivity contribution >= 4 is 40.7 Å². The summed E-state index contributed by atoms with van der Waals surface area (Å²) < 4.78 is 80.8. The first kappa shape index (κ1) is 39.3. The van der Waals surface area contributed by atoms with Crippen LogP contribution in [0.3, 0.4) is 0 Å². The fraction of sp³-hybridized carbons (Fsp3) is 0.345. The number of anilines is 1. The van der Waals surface area contributed by atoms with E-state index in [1.165, 1.54) is 0 Å².